The molecule has 30 heavy (non-hydrogen) atoms. The van der Waals surface area contributed by atoms with Gasteiger partial charge in [-0.25, -0.2) is 8.78 Å². The number of alkyl halides is 2. The van der Waals surface area contributed by atoms with E-state index in [9.17, 15) is 23.2 Å². The number of nitrogens with zero attached hydrogens (tertiary/aromatic N) is 2. The van der Waals surface area contributed by atoms with Crippen LogP contribution in [0.2, 0.25) is 0 Å². The van der Waals surface area contributed by atoms with Gasteiger partial charge in [-0.3, -0.25) is 24.6 Å². The Balaban J connectivity index is 1.45. The van der Waals surface area contributed by atoms with Gasteiger partial charge in [0.2, 0.25) is 11.8 Å². The fraction of sp³-hybridized carbons (Fsp3) is 0.550. The lowest BCUT2D eigenvalue weighted by molar-refractivity contribution is -0.136. The number of nitrogens with two attached hydrogens (primary N) is 1. The van der Waals surface area contributed by atoms with Crippen molar-refractivity contribution >= 4 is 17.7 Å². The number of piperidine rings is 2. The van der Waals surface area contributed by atoms with Gasteiger partial charge in [-0.05, 0) is 36.6 Å². The van der Waals surface area contributed by atoms with Gasteiger partial charge in [0.1, 0.15) is 17.9 Å². The van der Waals surface area contributed by atoms with Gasteiger partial charge in [0.15, 0.2) is 0 Å². The Morgan fingerprint density at radius 1 is 1.23 bits per heavy atom. The van der Waals surface area contributed by atoms with E-state index in [2.05, 4.69) is 5.32 Å². The minimum atomic E-state index is -2.41. The van der Waals surface area contributed by atoms with Gasteiger partial charge in [-0.1, -0.05) is 0 Å². The van der Waals surface area contributed by atoms with Crippen LogP contribution in [0.3, 0.4) is 0 Å². The number of carbonyl (C=O) groups excluding carboxylic acids is 3. The number of benzene rings is 1. The van der Waals surface area contributed by atoms with Crippen molar-refractivity contribution in [1.82, 2.24) is 15.1 Å². The second-order valence-electron chi connectivity index (χ2n) is 7.98. The first-order chi connectivity index (χ1) is 14.3. The van der Waals surface area contributed by atoms with Crippen molar-refractivity contribution < 1.29 is 27.9 Å². The molecule has 162 valence electrons. The Labute approximate surface area is 172 Å². The van der Waals surface area contributed by atoms with Crippen LogP contribution < -0.4 is 15.8 Å². The van der Waals surface area contributed by atoms with Crippen molar-refractivity contribution in [2.75, 3.05) is 19.6 Å². The third kappa shape index (κ3) is 4.15. The maximum Gasteiger partial charge on any atom is 0.255 e. The summed E-state index contributed by atoms with van der Waals surface area (Å²) in [6, 6.07) is 4.08. The van der Waals surface area contributed by atoms with Gasteiger partial charge >= 0.3 is 0 Å². The van der Waals surface area contributed by atoms with Crippen LogP contribution in [0, 0.1) is 0 Å². The topological polar surface area (TPSA) is 105 Å². The third-order valence-corrected chi connectivity index (χ3v) is 5.87. The van der Waals surface area contributed by atoms with Gasteiger partial charge in [0.25, 0.3) is 12.3 Å². The molecule has 1 aromatic carbocycles. The number of hydrogen-bond donors (Lipinski definition) is 2. The van der Waals surface area contributed by atoms with E-state index in [0.29, 0.717) is 37.2 Å². The average Bonchev–Trinajstić information content (AvgIpc) is 3.00. The predicted octanol–water partition coefficient (Wildman–Crippen LogP) is 0.493. The molecule has 1 aromatic rings. The average molecular weight is 422 g/mol. The Morgan fingerprint density at radius 2 is 2.03 bits per heavy atom. The molecule has 3 aliphatic rings. The molecular weight excluding hydrogens is 398 g/mol. The van der Waals surface area contributed by atoms with Crippen LogP contribution in [0.25, 0.3) is 0 Å². The number of likely N-dealkylation sites (tertiary alicyclic amines) is 1. The largest absolute Gasteiger partial charge is 0.487 e. The number of nitrogens with one attached hydrogen (secondary N) is 1. The van der Waals surface area contributed by atoms with E-state index in [4.69, 9.17) is 10.5 Å². The number of imide groups is 1. The molecule has 4 rings (SSSR count). The van der Waals surface area contributed by atoms with Crippen molar-refractivity contribution in [2.24, 2.45) is 5.73 Å². The van der Waals surface area contributed by atoms with E-state index < -0.39 is 24.5 Å². The van der Waals surface area contributed by atoms with Gasteiger partial charge in [-0.15, -0.1) is 0 Å². The number of halogens is 2. The molecule has 0 aliphatic carbocycles. The molecule has 3 atom stereocenters. The molecule has 0 bridgehead atoms. The summed E-state index contributed by atoms with van der Waals surface area (Å²) in [5.41, 5.74) is 7.33. The molecule has 3 heterocycles. The summed E-state index contributed by atoms with van der Waals surface area (Å²) in [5.74, 6) is -0.550. The van der Waals surface area contributed by atoms with Crippen molar-refractivity contribution in [3.05, 3.63) is 29.3 Å². The minimum Gasteiger partial charge on any atom is -0.487 e. The second kappa shape index (κ2) is 8.27. The van der Waals surface area contributed by atoms with E-state index in [1.165, 1.54) is 4.90 Å². The molecule has 2 saturated heterocycles. The summed E-state index contributed by atoms with van der Waals surface area (Å²) in [7, 11) is 0. The third-order valence-electron chi connectivity index (χ3n) is 5.87. The molecule has 8 nitrogen and oxygen atoms in total. The quantitative estimate of drug-likeness (QED) is 0.670. The molecule has 10 heteroatoms. The number of carbonyl (C=O) groups is 3. The Bertz CT molecular complexity index is 865. The zero-order chi connectivity index (χ0) is 21.4. The smallest absolute Gasteiger partial charge is 0.255 e. The van der Waals surface area contributed by atoms with Gasteiger partial charge in [0.05, 0.1) is 6.54 Å². The van der Waals surface area contributed by atoms with Crippen LogP contribution in [0.4, 0.5) is 8.78 Å². The Hall–Kier alpha value is -2.59. The monoisotopic (exact) mass is 422 g/mol. The van der Waals surface area contributed by atoms with E-state index in [1.54, 1.807) is 23.1 Å². The first-order valence-corrected chi connectivity index (χ1v) is 10.0. The summed E-state index contributed by atoms with van der Waals surface area (Å²) in [4.78, 5) is 39.4. The highest BCUT2D eigenvalue weighted by molar-refractivity contribution is 6.05. The second-order valence-corrected chi connectivity index (χ2v) is 7.98. The van der Waals surface area contributed by atoms with Crippen molar-refractivity contribution in [3.8, 4) is 5.75 Å². The molecule has 0 aromatic heterocycles. The number of ether oxygens (including phenoxy) is 1. The van der Waals surface area contributed by atoms with E-state index >= 15 is 0 Å². The van der Waals surface area contributed by atoms with Crippen molar-refractivity contribution in [1.29, 1.82) is 0 Å². The zero-order valence-electron chi connectivity index (χ0n) is 16.4. The Kier molecular flexibility index (Phi) is 5.70. The van der Waals surface area contributed by atoms with E-state index in [1.807, 2.05) is 0 Å². The molecule has 0 saturated carbocycles. The minimum absolute atomic E-state index is 0.194. The molecular formula is C20H24F2N4O4. The van der Waals surface area contributed by atoms with Crippen LogP contribution in [0.1, 0.15) is 35.2 Å². The highest BCUT2D eigenvalue weighted by atomic mass is 19.3. The number of rotatable bonds is 5. The van der Waals surface area contributed by atoms with Crippen LogP contribution in [0.5, 0.6) is 5.75 Å². The summed E-state index contributed by atoms with van der Waals surface area (Å²) in [6.07, 6.45) is -1.79. The van der Waals surface area contributed by atoms with Crippen LogP contribution >= 0.6 is 0 Å². The highest BCUT2D eigenvalue weighted by Gasteiger charge is 2.39. The molecule has 3 N–H and O–H groups in total. The normalized spacial score (nSPS) is 27.4. The standard InChI is InChI=1S/C20H24F2N4O4/c21-17(22)10-25-6-5-14(23)16(9-25)30-12-1-2-13-11(7-12)8-26(20(13)29)15-3-4-18(27)24-19(15)28/h1-2,7,14-17H,3-6,8-10,23H2,(H,24,27,28). The molecule has 3 amide bonds. The first kappa shape index (κ1) is 20.7. The number of amides is 3. The predicted molar refractivity (Wildman–Crippen MR) is 102 cm³/mol. The SMILES string of the molecule is NC1CCN(CC(F)F)CC1Oc1ccc2c(c1)CN(C1CCC(=O)NC1=O)C2=O. The van der Waals surface area contributed by atoms with Gasteiger partial charge in [0, 0.05) is 37.7 Å². The lowest BCUT2D eigenvalue weighted by Gasteiger charge is -2.36. The first-order valence-electron chi connectivity index (χ1n) is 10.0. The Morgan fingerprint density at radius 3 is 2.77 bits per heavy atom. The summed E-state index contributed by atoms with van der Waals surface area (Å²) >= 11 is 0. The zero-order valence-corrected chi connectivity index (χ0v) is 16.4. The highest BCUT2D eigenvalue weighted by Crippen LogP contribution is 2.31. The molecule has 0 spiro atoms. The maximum atomic E-state index is 12.7. The summed E-state index contributed by atoms with van der Waals surface area (Å²) in [6.45, 7) is 0.743. The lowest BCUT2D eigenvalue weighted by atomic mass is 10.0. The van der Waals surface area contributed by atoms with Crippen LogP contribution in [-0.2, 0) is 16.1 Å². The summed E-state index contributed by atoms with van der Waals surface area (Å²) < 4.78 is 31.4. The lowest BCUT2D eigenvalue weighted by Crippen LogP contribution is -2.54. The fourth-order valence-electron chi connectivity index (χ4n) is 4.28. The van der Waals surface area contributed by atoms with E-state index in [0.717, 1.165) is 5.56 Å². The van der Waals surface area contributed by atoms with Crippen LogP contribution in [0.15, 0.2) is 18.2 Å². The van der Waals surface area contributed by atoms with Crippen LogP contribution in [-0.4, -0.2) is 71.8 Å². The number of hydrogen-bond acceptors (Lipinski definition) is 6. The molecule has 3 unspecified atom stereocenters. The van der Waals surface area contributed by atoms with Crippen molar-refractivity contribution in [2.45, 2.75) is 50.4 Å². The van der Waals surface area contributed by atoms with E-state index in [-0.39, 0.29) is 37.4 Å². The molecule has 3 aliphatic heterocycles. The maximum absolute atomic E-state index is 12.7. The summed E-state index contributed by atoms with van der Waals surface area (Å²) in [5, 5.41) is 2.27. The fourth-order valence-corrected chi connectivity index (χ4v) is 4.28. The van der Waals surface area contributed by atoms with Crippen molar-refractivity contribution in [3.63, 3.8) is 0 Å². The van der Waals surface area contributed by atoms with Gasteiger partial charge in [-0.2, -0.15) is 0 Å². The molecule has 0 radical (unpaired) electrons. The number of fused-ring (bicyclic) bond motifs is 1. The molecule has 2 fully saturated rings. The van der Waals surface area contributed by atoms with Gasteiger partial charge < -0.3 is 15.4 Å².